The monoisotopic (exact) mass is 198 g/mol. The molecule has 0 aliphatic carbocycles. The van der Waals surface area contributed by atoms with Gasteiger partial charge in [0, 0.05) is 0 Å². The number of unbranched alkanes of at least 4 members (excludes halogenated alkanes) is 2. The molecular weight excluding hydrogens is 176 g/mol. The van der Waals surface area contributed by atoms with Crippen LogP contribution in [0.15, 0.2) is 12.7 Å². The molecule has 14 heavy (non-hydrogen) atoms. The quantitative estimate of drug-likeness (QED) is 0.340. The van der Waals surface area contributed by atoms with Crippen LogP contribution >= 0.6 is 0 Å². The topological polar surface area (TPSA) is 26.3 Å². The van der Waals surface area contributed by atoms with E-state index in [-0.39, 0.29) is 11.9 Å². The first-order valence-electron chi connectivity index (χ1n) is 5.45. The first-order chi connectivity index (χ1) is 6.76. The van der Waals surface area contributed by atoms with E-state index in [2.05, 4.69) is 13.5 Å². The Morgan fingerprint density at radius 3 is 2.57 bits per heavy atom. The van der Waals surface area contributed by atoms with E-state index in [0.29, 0.717) is 0 Å². The van der Waals surface area contributed by atoms with Crippen molar-refractivity contribution < 1.29 is 9.53 Å². The molecule has 0 radical (unpaired) electrons. The molecular formula is C12H22O2. The van der Waals surface area contributed by atoms with Crippen LogP contribution in [0.3, 0.4) is 0 Å². The highest BCUT2D eigenvalue weighted by atomic mass is 16.5. The molecule has 0 amide bonds. The van der Waals surface area contributed by atoms with E-state index in [1.807, 2.05) is 6.08 Å². The van der Waals surface area contributed by atoms with Crippen LogP contribution < -0.4 is 0 Å². The Morgan fingerprint density at radius 2 is 2.07 bits per heavy atom. The smallest absolute Gasteiger partial charge is 0.308 e. The number of carbonyl (C=O) groups excluding carboxylic acids is 1. The van der Waals surface area contributed by atoms with Gasteiger partial charge in [0.1, 0.15) is 0 Å². The summed E-state index contributed by atoms with van der Waals surface area (Å²) in [5.74, 6) is 0.0439. The predicted molar refractivity (Wildman–Crippen MR) is 59.1 cm³/mol. The third kappa shape index (κ3) is 5.79. The Balaban J connectivity index is 3.83. The van der Waals surface area contributed by atoms with Gasteiger partial charge in [-0.05, 0) is 25.7 Å². The van der Waals surface area contributed by atoms with Crippen LogP contribution in [0.1, 0.15) is 45.4 Å². The van der Waals surface area contributed by atoms with Crippen molar-refractivity contribution in [2.45, 2.75) is 45.4 Å². The summed E-state index contributed by atoms with van der Waals surface area (Å²) in [6, 6.07) is 0. The molecule has 0 aliphatic heterocycles. The Hall–Kier alpha value is -0.790. The molecule has 0 spiro atoms. The summed E-state index contributed by atoms with van der Waals surface area (Å²) >= 11 is 0. The summed E-state index contributed by atoms with van der Waals surface area (Å²) in [6.45, 7) is 5.81. The number of allylic oxidation sites excluding steroid dienone is 1. The van der Waals surface area contributed by atoms with Crippen molar-refractivity contribution in [2.75, 3.05) is 7.11 Å². The minimum atomic E-state index is -0.0532. The molecule has 0 N–H and O–H groups in total. The highest BCUT2D eigenvalue weighted by molar-refractivity contribution is 5.72. The first-order valence-corrected chi connectivity index (χ1v) is 5.45. The van der Waals surface area contributed by atoms with Crippen molar-refractivity contribution in [1.29, 1.82) is 0 Å². The Kier molecular flexibility index (Phi) is 8.30. The second kappa shape index (κ2) is 8.79. The molecule has 0 saturated heterocycles. The van der Waals surface area contributed by atoms with Crippen molar-refractivity contribution in [2.24, 2.45) is 5.92 Å². The maximum Gasteiger partial charge on any atom is 0.308 e. The molecule has 1 unspecified atom stereocenters. The fourth-order valence-corrected chi connectivity index (χ4v) is 1.51. The average Bonchev–Trinajstić information content (AvgIpc) is 2.22. The lowest BCUT2D eigenvalue weighted by Crippen LogP contribution is -2.16. The molecule has 0 heterocycles. The largest absolute Gasteiger partial charge is 0.469 e. The van der Waals surface area contributed by atoms with Crippen molar-refractivity contribution in [3.8, 4) is 0 Å². The van der Waals surface area contributed by atoms with Crippen LogP contribution in [-0.2, 0) is 9.53 Å². The Bertz CT molecular complexity index is 164. The lowest BCUT2D eigenvalue weighted by Gasteiger charge is -2.13. The summed E-state index contributed by atoms with van der Waals surface area (Å²) in [7, 11) is 1.47. The van der Waals surface area contributed by atoms with Gasteiger partial charge in [-0.15, -0.1) is 6.58 Å². The number of methoxy groups -OCH3 is 1. The predicted octanol–water partition coefficient (Wildman–Crippen LogP) is 3.32. The maximum absolute atomic E-state index is 11.4. The van der Waals surface area contributed by atoms with Crippen molar-refractivity contribution >= 4 is 5.97 Å². The molecule has 82 valence electrons. The van der Waals surface area contributed by atoms with Crippen LogP contribution in [0, 0.1) is 5.92 Å². The fourth-order valence-electron chi connectivity index (χ4n) is 1.51. The highest BCUT2D eigenvalue weighted by Gasteiger charge is 2.17. The Labute approximate surface area is 87.3 Å². The molecule has 0 bridgehead atoms. The zero-order valence-electron chi connectivity index (χ0n) is 9.42. The first kappa shape index (κ1) is 13.2. The number of ether oxygens (including phenoxy) is 1. The molecule has 2 nitrogen and oxygen atoms in total. The summed E-state index contributed by atoms with van der Waals surface area (Å²) in [6.07, 6.45) is 8.04. The van der Waals surface area contributed by atoms with E-state index in [0.717, 1.165) is 38.5 Å². The zero-order chi connectivity index (χ0) is 10.8. The van der Waals surface area contributed by atoms with Gasteiger partial charge in [-0.1, -0.05) is 25.8 Å². The maximum atomic E-state index is 11.4. The van der Waals surface area contributed by atoms with E-state index in [1.165, 1.54) is 7.11 Å². The van der Waals surface area contributed by atoms with Crippen molar-refractivity contribution in [1.82, 2.24) is 0 Å². The van der Waals surface area contributed by atoms with Gasteiger partial charge in [-0.2, -0.15) is 0 Å². The molecule has 0 fully saturated rings. The van der Waals surface area contributed by atoms with E-state index in [9.17, 15) is 4.79 Å². The van der Waals surface area contributed by atoms with Crippen molar-refractivity contribution in [3.63, 3.8) is 0 Å². The number of rotatable bonds is 8. The van der Waals surface area contributed by atoms with E-state index in [1.54, 1.807) is 0 Å². The lowest BCUT2D eigenvalue weighted by atomic mass is 9.96. The molecule has 0 aromatic rings. The lowest BCUT2D eigenvalue weighted by molar-refractivity contribution is -0.146. The van der Waals surface area contributed by atoms with Crippen LogP contribution in [-0.4, -0.2) is 13.1 Å². The molecule has 0 aromatic heterocycles. The average molecular weight is 198 g/mol. The van der Waals surface area contributed by atoms with E-state index >= 15 is 0 Å². The molecule has 0 aromatic carbocycles. The highest BCUT2D eigenvalue weighted by Crippen LogP contribution is 2.17. The van der Waals surface area contributed by atoms with Gasteiger partial charge in [-0.25, -0.2) is 0 Å². The SMILES string of the molecule is C=CCCCC(CCCC)C(=O)OC. The van der Waals surface area contributed by atoms with Gasteiger partial charge in [0.25, 0.3) is 0 Å². The van der Waals surface area contributed by atoms with Gasteiger partial charge in [0.2, 0.25) is 0 Å². The fraction of sp³-hybridized carbons (Fsp3) is 0.750. The third-order valence-electron chi connectivity index (χ3n) is 2.40. The number of carbonyl (C=O) groups is 1. The number of hydrogen-bond acceptors (Lipinski definition) is 2. The minimum Gasteiger partial charge on any atom is -0.469 e. The van der Waals surface area contributed by atoms with Gasteiger partial charge < -0.3 is 4.74 Å². The second-order valence-corrected chi connectivity index (χ2v) is 3.58. The third-order valence-corrected chi connectivity index (χ3v) is 2.40. The molecule has 0 saturated carbocycles. The Morgan fingerprint density at radius 1 is 1.43 bits per heavy atom. The zero-order valence-corrected chi connectivity index (χ0v) is 9.42. The van der Waals surface area contributed by atoms with Crippen LogP contribution in [0.2, 0.25) is 0 Å². The van der Waals surface area contributed by atoms with E-state index in [4.69, 9.17) is 4.74 Å². The van der Waals surface area contributed by atoms with Crippen LogP contribution in [0.4, 0.5) is 0 Å². The summed E-state index contributed by atoms with van der Waals surface area (Å²) < 4.78 is 4.78. The summed E-state index contributed by atoms with van der Waals surface area (Å²) in [5, 5.41) is 0. The van der Waals surface area contributed by atoms with Crippen LogP contribution in [0.5, 0.6) is 0 Å². The van der Waals surface area contributed by atoms with Gasteiger partial charge >= 0.3 is 5.97 Å². The summed E-state index contributed by atoms with van der Waals surface area (Å²) in [5.41, 5.74) is 0. The minimum absolute atomic E-state index is 0.0532. The van der Waals surface area contributed by atoms with Crippen molar-refractivity contribution in [3.05, 3.63) is 12.7 Å². The second-order valence-electron chi connectivity index (χ2n) is 3.58. The molecule has 2 heteroatoms. The number of esters is 1. The van der Waals surface area contributed by atoms with Gasteiger partial charge in [0.15, 0.2) is 0 Å². The van der Waals surface area contributed by atoms with Crippen LogP contribution in [0.25, 0.3) is 0 Å². The molecule has 0 rings (SSSR count). The molecule has 1 atom stereocenters. The molecule has 0 aliphatic rings. The van der Waals surface area contributed by atoms with Gasteiger partial charge in [0.05, 0.1) is 13.0 Å². The summed E-state index contributed by atoms with van der Waals surface area (Å²) in [4.78, 5) is 11.4. The van der Waals surface area contributed by atoms with E-state index < -0.39 is 0 Å². The number of hydrogen-bond donors (Lipinski definition) is 0. The standard InChI is InChI=1S/C12H22O2/c1-4-6-8-10-11(9-7-5-2)12(13)14-3/h4,11H,1,5-10H2,2-3H3. The normalized spacial score (nSPS) is 12.1. The van der Waals surface area contributed by atoms with Gasteiger partial charge in [-0.3, -0.25) is 4.79 Å².